The average molecular weight is 552 g/mol. The van der Waals surface area contributed by atoms with Crippen molar-refractivity contribution >= 4 is 35.4 Å². The molecule has 38 heavy (non-hydrogen) atoms. The van der Waals surface area contributed by atoms with Crippen molar-refractivity contribution in [3.05, 3.63) is 87.8 Å². The van der Waals surface area contributed by atoms with Crippen molar-refractivity contribution in [2.75, 3.05) is 14.2 Å². The summed E-state index contributed by atoms with van der Waals surface area (Å²) < 4.78 is 18.5. The second kappa shape index (κ2) is 12.5. The summed E-state index contributed by atoms with van der Waals surface area (Å²) in [5.74, 6) is 1.36. The molecule has 1 N–H and O–H groups in total. The van der Waals surface area contributed by atoms with Crippen LogP contribution in [0, 0.1) is 0 Å². The number of halogens is 1. The number of methoxy groups -OCH3 is 2. The quantitative estimate of drug-likeness (QED) is 0.168. The van der Waals surface area contributed by atoms with Crippen LogP contribution in [0.5, 0.6) is 17.2 Å². The molecular weight excluding hydrogens is 526 g/mol. The van der Waals surface area contributed by atoms with E-state index in [1.54, 1.807) is 44.6 Å². The zero-order valence-corrected chi connectivity index (χ0v) is 22.6. The fourth-order valence-corrected chi connectivity index (χ4v) is 4.64. The van der Waals surface area contributed by atoms with Crippen molar-refractivity contribution in [1.29, 1.82) is 0 Å². The summed E-state index contributed by atoms with van der Waals surface area (Å²) in [7, 11) is 3.15. The highest BCUT2D eigenvalue weighted by Gasteiger charge is 2.19. The standard InChI is InChI=1S/C28H26ClN3O5S/c1-4-32-26(20-14-23(35-2)16-24(15-20)36-3)30-31-28(32)38-25(27(33)34)13-19-6-5-7-22(12-19)37-17-18-8-10-21(29)11-9-18/h5-16H,4,17H2,1-3H3,(H,33,34)/b25-13-. The third-order valence-electron chi connectivity index (χ3n) is 5.53. The second-order valence-corrected chi connectivity index (χ2v) is 9.50. The Labute approximate surface area is 229 Å². The van der Waals surface area contributed by atoms with Crippen LogP contribution in [0.3, 0.4) is 0 Å². The number of carboxylic acid groups (broad SMARTS) is 1. The normalized spacial score (nSPS) is 11.3. The Morgan fingerprint density at radius 1 is 1.00 bits per heavy atom. The van der Waals surface area contributed by atoms with E-state index < -0.39 is 5.97 Å². The molecule has 0 spiro atoms. The molecule has 0 aliphatic heterocycles. The minimum atomic E-state index is -1.07. The molecule has 0 fully saturated rings. The number of hydrogen-bond donors (Lipinski definition) is 1. The lowest BCUT2D eigenvalue weighted by Crippen LogP contribution is -2.03. The fraction of sp³-hybridized carbons (Fsp3) is 0.179. The summed E-state index contributed by atoms with van der Waals surface area (Å²) in [6, 6.07) is 20.1. The van der Waals surface area contributed by atoms with Crippen LogP contribution in [0.25, 0.3) is 17.5 Å². The predicted molar refractivity (Wildman–Crippen MR) is 148 cm³/mol. The van der Waals surface area contributed by atoms with E-state index in [1.165, 1.54) is 0 Å². The van der Waals surface area contributed by atoms with Crippen molar-refractivity contribution in [3.8, 4) is 28.6 Å². The molecule has 0 saturated heterocycles. The highest BCUT2D eigenvalue weighted by Crippen LogP contribution is 2.33. The molecule has 196 valence electrons. The van der Waals surface area contributed by atoms with E-state index in [1.807, 2.05) is 54.0 Å². The highest BCUT2D eigenvalue weighted by molar-refractivity contribution is 8.04. The topological polar surface area (TPSA) is 95.7 Å². The number of ether oxygens (including phenoxy) is 3. The molecule has 0 amide bonds. The number of aromatic nitrogens is 3. The van der Waals surface area contributed by atoms with Crippen LogP contribution in [0.2, 0.25) is 5.02 Å². The molecule has 1 aromatic heterocycles. The van der Waals surface area contributed by atoms with Gasteiger partial charge in [0.25, 0.3) is 0 Å². The van der Waals surface area contributed by atoms with E-state index in [-0.39, 0.29) is 4.91 Å². The van der Waals surface area contributed by atoms with Crippen LogP contribution in [-0.2, 0) is 17.9 Å². The molecule has 0 bridgehead atoms. The molecule has 0 saturated carbocycles. The molecule has 0 aliphatic carbocycles. The van der Waals surface area contributed by atoms with Crippen molar-refractivity contribution in [2.24, 2.45) is 0 Å². The molecule has 3 aromatic carbocycles. The van der Waals surface area contributed by atoms with Crippen LogP contribution in [0.15, 0.2) is 76.8 Å². The van der Waals surface area contributed by atoms with E-state index in [0.717, 1.165) is 22.9 Å². The van der Waals surface area contributed by atoms with Gasteiger partial charge in [0, 0.05) is 23.2 Å². The van der Waals surface area contributed by atoms with Gasteiger partial charge >= 0.3 is 5.97 Å². The maximum atomic E-state index is 12.2. The van der Waals surface area contributed by atoms with Gasteiger partial charge < -0.3 is 23.9 Å². The summed E-state index contributed by atoms with van der Waals surface area (Å²) in [4.78, 5) is 12.2. The minimum absolute atomic E-state index is 0.0942. The largest absolute Gasteiger partial charge is 0.497 e. The smallest absolute Gasteiger partial charge is 0.342 e. The summed E-state index contributed by atoms with van der Waals surface area (Å²) in [6.07, 6.45) is 1.59. The summed E-state index contributed by atoms with van der Waals surface area (Å²) >= 11 is 6.97. The molecule has 8 nitrogen and oxygen atoms in total. The monoisotopic (exact) mass is 551 g/mol. The Kier molecular flexibility index (Phi) is 8.93. The number of rotatable bonds is 11. The zero-order chi connectivity index (χ0) is 27.1. The minimum Gasteiger partial charge on any atom is -0.497 e. The van der Waals surface area contributed by atoms with Gasteiger partial charge in [-0.25, -0.2) is 4.79 Å². The number of carboxylic acids is 1. The Morgan fingerprint density at radius 3 is 2.34 bits per heavy atom. The van der Waals surface area contributed by atoms with Gasteiger partial charge in [0.05, 0.1) is 14.2 Å². The number of thioether (sulfide) groups is 1. The first-order chi connectivity index (χ1) is 18.4. The van der Waals surface area contributed by atoms with Gasteiger partial charge in [-0.15, -0.1) is 10.2 Å². The maximum absolute atomic E-state index is 12.2. The van der Waals surface area contributed by atoms with Crippen LogP contribution in [0.1, 0.15) is 18.1 Å². The van der Waals surface area contributed by atoms with Gasteiger partial charge in [-0.3, -0.25) is 0 Å². The molecular formula is C28H26ClN3O5S. The van der Waals surface area contributed by atoms with Crippen LogP contribution in [0.4, 0.5) is 0 Å². The number of carbonyl (C=O) groups is 1. The third kappa shape index (κ3) is 6.67. The molecule has 0 atom stereocenters. The van der Waals surface area contributed by atoms with Crippen LogP contribution < -0.4 is 14.2 Å². The molecule has 4 rings (SSSR count). The van der Waals surface area contributed by atoms with E-state index in [2.05, 4.69) is 10.2 Å². The maximum Gasteiger partial charge on any atom is 0.342 e. The van der Waals surface area contributed by atoms with E-state index in [4.69, 9.17) is 25.8 Å². The van der Waals surface area contributed by atoms with Crippen molar-refractivity contribution in [3.63, 3.8) is 0 Å². The Bertz CT molecular complexity index is 1430. The third-order valence-corrected chi connectivity index (χ3v) is 6.78. The van der Waals surface area contributed by atoms with E-state index in [9.17, 15) is 9.90 Å². The van der Waals surface area contributed by atoms with E-state index in [0.29, 0.717) is 52.0 Å². The number of benzene rings is 3. The van der Waals surface area contributed by atoms with Gasteiger partial charge in [0.2, 0.25) is 0 Å². The average Bonchev–Trinajstić information content (AvgIpc) is 3.34. The first-order valence-electron chi connectivity index (χ1n) is 11.7. The van der Waals surface area contributed by atoms with Crippen LogP contribution in [-0.4, -0.2) is 40.1 Å². The fourth-order valence-electron chi connectivity index (χ4n) is 3.63. The Hall–Kier alpha value is -3.95. The second-order valence-electron chi connectivity index (χ2n) is 8.06. The molecule has 0 radical (unpaired) electrons. The molecule has 4 aromatic rings. The van der Waals surface area contributed by atoms with Gasteiger partial charge in [0.15, 0.2) is 11.0 Å². The number of nitrogens with zero attached hydrogens (tertiary/aromatic N) is 3. The molecule has 0 unspecified atom stereocenters. The van der Waals surface area contributed by atoms with Gasteiger partial charge in [-0.2, -0.15) is 0 Å². The SMILES string of the molecule is CCn1c(S/C(=C\c2cccc(OCc3ccc(Cl)cc3)c2)C(=O)O)nnc1-c1cc(OC)cc(OC)c1. The summed E-state index contributed by atoms with van der Waals surface area (Å²) in [6.45, 7) is 2.84. The van der Waals surface area contributed by atoms with Gasteiger partial charge in [-0.1, -0.05) is 35.9 Å². The van der Waals surface area contributed by atoms with Gasteiger partial charge in [-0.05, 0) is 72.3 Å². The lowest BCUT2D eigenvalue weighted by atomic mass is 10.2. The first-order valence-corrected chi connectivity index (χ1v) is 12.9. The van der Waals surface area contributed by atoms with Crippen molar-refractivity contribution in [2.45, 2.75) is 25.2 Å². The molecule has 0 aliphatic rings. The lowest BCUT2D eigenvalue weighted by Gasteiger charge is -2.11. The highest BCUT2D eigenvalue weighted by atomic mass is 35.5. The molecule has 1 heterocycles. The first kappa shape index (κ1) is 27.1. The summed E-state index contributed by atoms with van der Waals surface area (Å²) in [5.41, 5.74) is 2.40. The zero-order valence-electron chi connectivity index (χ0n) is 21.1. The Balaban J connectivity index is 1.57. The predicted octanol–water partition coefficient (Wildman–Crippen LogP) is 6.43. The van der Waals surface area contributed by atoms with Crippen molar-refractivity contribution in [1.82, 2.24) is 14.8 Å². The van der Waals surface area contributed by atoms with Gasteiger partial charge in [0.1, 0.15) is 28.8 Å². The van der Waals surface area contributed by atoms with Crippen LogP contribution >= 0.6 is 23.4 Å². The Morgan fingerprint density at radius 2 is 1.71 bits per heavy atom. The van der Waals surface area contributed by atoms with Crippen molar-refractivity contribution < 1.29 is 24.1 Å². The summed E-state index contributed by atoms with van der Waals surface area (Å²) in [5, 5.41) is 19.7. The molecule has 10 heteroatoms. The lowest BCUT2D eigenvalue weighted by molar-refractivity contribution is -0.131. The van der Waals surface area contributed by atoms with E-state index >= 15 is 0 Å². The number of aliphatic carboxylic acids is 1. The number of hydrogen-bond acceptors (Lipinski definition) is 7.